The first kappa shape index (κ1) is 28.8. The molecule has 1 aromatic carbocycles. The first-order valence-electron chi connectivity index (χ1n) is 13.2. The van der Waals surface area contributed by atoms with Crippen molar-refractivity contribution in [2.24, 2.45) is 11.8 Å². The van der Waals surface area contributed by atoms with E-state index in [9.17, 15) is 19.5 Å². The van der Waals surface area contributed by atoms with Crippen LogP contribution >= 0.6 is 0 Å². The van der Waals surface area contributed by atoms with Crippen LogP contribution in [-0.2, 0) is 20.8 Å². The van der Waals surface area contributed by atoms with E-state index in [1.165, 1.54) is 11.3 Å². The summed E-state index contributed by atoms with van der Waals surface area (Å²) < 4.78 is 0. The zero-order valence-corrected chi connectivity index (χ0v) is 22.1. The second kappa shape index (κ2) is 14.2. The van der Waals surface area contributed by atoms with Gasteiger partial charge in [-0.05, 0) is 24.3 Å². The summed E-state index contributed by atoms with van der Waals surface area (Å²) in [6.07, 6.45) is 5.36. The number of benzene rings is 1. The molecule has 2 unspecified atom stereocenters. The quantitative estimate of drug-likeness (QED) is 0.465. The maximum absolute atomic E-state index is 13.5. The SMILES string of the molecule is CCCCCCCC1NC(=O)C[C@@H](O)[C@H](Cc2ccccc2)N(C)C(=O)C(C(C)C)NC(=O)[C@H]1C. The third kappa shape index (κ3) is 8.64. The van der Waals surface area contributed by atoms with Gasteiger partial charge in [0, 0.05) is 13.1 Å². The zero-order chi connectivity index (χ0) is 26.0. The lowest BCUT2D eigenvalue weighted by Gasteiger charge is -2.37. The van der Waals surface area contributed by atoms with E-state index in [-0.39, 0.29) is 36.1 Å². The highest BCUT2D eigenvalue weighted by atomic mass is 16.3. The Morgan fingerprint density at radius 1 is 1.03 bits per heavy atom. The van der Waals surface area contributed by atoms with E-state index in [4.69, 9.17) is 0 Å². The van der Waals surface area contributed by atoms with Crippen molar-refractivity contribution in [2.75, 3.05) is 7.05 Å². The van der Waals surface area contributed by atoms with Crippen LogP contribution in [0.1, 0.15) is 78.2 Å². The molecule has 1 heterocycles. The molecule has 5 atom stereocenters. The van der Waals surface area contributed by atoms with Gasteiger partial charge in [0.2, 0.25) is 17.7 Å². The Morgan fingerprint density at radius 2 is 1.69 bits per heavy atom. The van der Waals surface area contributed by atoms with Crippen LogP contribution in [-0.4, -0.2) is 59.0 Å². The molecule has 0 saturated carbocycles. The number of hydrogen-bond donors (Lipinski definition) is 3. The van der Waals surface area contributed by atoms with Gasteiger partial charge in [0.1, 0.15) is 6.04 Å². The maximum atomic E-state index is 13.5. The summed E-state index contributed by atoms with van der Waals surface area (Å²) in [6, 6.07) is 7.97. The predicted molar refractivity (Wildman–Crippen MR) is 139 cm³/mol. The van der Waals surface area contributed by atoms with E-state index >= 15 is 0 Å². The average molecular weight is 488 g/mol. The van der Waals surface area contributed by atoms with Crippen molar-refractivity contribution < 1.29 is 19.5 Å². The molecule has 2 rings (SSSR count). The standard InChI is InChI=1S/C28H45N3O4/c1-6-7-8-9-13-16-22-20(4)27(34)30-26(19(2)3)28(35)31(5)23(24(32)18-25(33)29-22)17-21-14-11-10-12-15-21/h10-12,14-15,19-20,22-24,26,32H,6-9,13,16-18H2,1-5H3,(H,29,33)(H,30,34)/t20-,22?,23-,24+,26?/m0/s1. The monoisotopic (exact) mass is 487 g/mol. The molecule has 7 heteroatoms. The van der Waals surface area contributed by atoms with Gasteiger partial charge in [-0.1, -0.05) is 90.1 Å². The van der Waals surface area contributed by atoms with Gasteiger partial charge < -0.3 is 20.6 Å². The Bertz CT molecular complexity index is 814. The number of likely N-dealkylation sites (N-methyl/N-ethyl adjacent to an activating group) is 1. The average Bonchev–Trinajstić information content (AvgIpc) is 2.83. The lowest BCUT2D eigenvalue weighted by molar-refractivity contribution is -0.143. The second-order valence-electron chi connectivity index (χ2n) is 10.4. The molecule has 1 aromatic rings. The Hall–Kier alpha value is -2.41. The van der Waals surface area contributed by atoms with Gasteiger partial charge in [-0.2, -0.15) is 0 Å². The number of nitrogens with zero attached hydrogens (tertiary/aromatic N) is 1. The van der Waals surface area contributed by atoms with Gasteiger partial charge in [0.15, 0.2) is 0 Å². The van der Waals surface area contributed by atoms with Gasteiger partial charge >= 0.3 is 0 Å². The Labute approximate surface area is 211 Å². The molecular weight excluding hydrogens is 442 g/mol. The van der Waals surface area contributed by atoms with Crippen LogP contribution < -0.4 is 10.6 Å². The molecule has 3 amide bonds. The molecule has 0 bridgehead atoms. The molecule has 1 aliphatic rings. The fourth-order valence-electron chi connectivity index (χ4n) is 4.76. The fraction of sp³-hybridized carbons (Fsp3) is 0.679. The summed E-state index contributed by atoms with van der Waals surface area (Å²) in [7, 11) is 1.65. The number of hydrogen-bond acceptors (Lipinski definition) is 4. The third-order valence-electron chi connectivity index (χ3n) is 7.18. The summed E-state index contributed by atoms with van der Waals surface area (Å²) in [5.74, 6) is -1.39. The fourth-order valence-corrected chi connectivity index (χ4v) is 4.76. The van der Waals surface area contributed by atoms with Gasteiger partial charge in [0.05, 0.1) is 24.5 Å². The topological polar surface area (TPSA) is 98.7 Å². The summed E-state index contributed by atoms with van der Waals surface area (Å²) >= 11 is 0. The van der Waals surface area contributed by atoms with E-state index in [0.29, 0.717) is 12.8 Å². The summed E-state index contributed by atoms with van der Waals surface area (Å²) in [4.78, 5) is 41.2. The number of unbranched alkanes of at least 4 members (excludes halogenated alkanes) is 4. The van der Waals surface area contributed by atoms with Crippen molar-refractivity contribution in [3.8, 4) is 0 Å². The molecule has 196 valence electrons. The highest BCUT2D eigenvalue weighted by Crippen LogP contribution is 2.20. The van der Waals surface area contributed by atoms with E-state index in [1.807, 2.05) is 44.2 Å². The van der Waals surface area contributed by atoms with Crippen LogP contribution in [0.2, 0.25) is 0 Å². The normalized spacial score (nSPS) is 26.7. The highest BCUT2D eigenvalue weighted by molar-refractivity contribution is 5.89. The number of nitrogens with one attached hydrogen (secondary N) is 2. The minimum Gasteiger partial charge on any atom is -0.390 e. The molecule has 7 nitrogen and oxygen atoms in total. The largest absolute Gasteiger partial charge is 0.390 e. The van der Waals surface area contributed by atoms with Crippen LogP contribution in [0.25, 0.3) is 0 Å². The molecule has 0 spiro atoms. The molecule has 35 heavy (non-hydrogen) atoms. The first-order valence-corrected chi connectivity index (χ1v) is 13.2. The molecular formula is C28H45N3O4. The molecule has 0 aliphatic carbocycles. The number of aliphatic hydroxyl groups excluding tert-OH is 1. The van der Waals surface area contributed by atoms with Gasteiger partial charge in [-0.3, -0.25) is 14.4 Å². The predicted octanol–water partition coefficient (Wildman–Crippen LogP) is 3.44. The molecule has 0 aromatic heterocycles. The van der Waals surface area contributed by atoms with E-state index in [1.54, 1.807) is 14.0 Å². The number of rotatable bonds is 9. The molecule has 1 fully saturated rings. The number of aliphatic hydroxyl groups is 1. The third-order valence-corrected chi connectivity index (χ3v) is 7.18. The van der Waals surface area contributed by atoms with Crippen molar-refractivity contribution in [1.29, 1.82) is 0 Å². The van der Waals surface area contributed by atoms with Crippen LogP contribution in [0.15, 0.2) is 30.3 Å². The highest BCUT2D eigenvalue weighted by Gasteiger charge is 2.37. The zero-order valence-electron chi connectivity index (χ0n) is 22.1. The summed E-state index contributed by atoms with van der Waals surface area (Å²) in [6.45, 7) is 7.78. The maximum Gasteiger partial charge on any atom is 0.245 e. The number of carbonyl (C=O) groups is 3. The Balaban J connectivity index is 2.31. The van der Waals surface area contributed by atoms with Gasteiger partial charge in [0.25, 0.3) is 0 Å². The van der Waals surface area contributed by atoms with E-state index in [0.717, 1.165) is 31.2 Å². The lowest BCUT2D eigenvalue weighted by atomic mass is 9.91. The van der Waals surface area contributed by atoms with E-state index < -0.39 is 24.1 Å². The van der Waals surface area contributed by atoms with Crippen molar-refractivity contribution in [3.05, 3.63) is 35.9 Å². The summed E-state index contributed by atoms with van der Waals surface area (Å²) in [5, 5.41) is 17.1. The van der Waals surface area contributed by atoms with Crippen molar-refractivity contribution in [3.63, 3.8) is 0 Å². The van der Waals surface area contributed by atoms with Crippen LogP contribution in [0.4, 0.5) is 0 Å². The smallest absolute Gasteiger partial charge is 0.245 e. The molecule has 1 saturated heterocycles. The lowest BCUT2D eigenvalue weighted by Crippen LogP contribution is -2.59. The van der Waals surface area contributed by atoms with E-state index in [2.05, 4.69) is 17.6 Å². The van der Waals surface area contributed by atoms with Crippen molar-refractivity contribution >= 4 is 17.7 Å². The van der Waals surface area contributed by atoms with Gasteiger partial charge in [-0.25, -0.2) is 0 Å². The summed E-state index contributed by atoms with van der Waals surface area (Å²) in [5.41, 5.74) is 0.965. The van der Waals surface area contributed by atoms with Crippen LogP contribution in [0.5, 0.6) is 0 Å². The van der Waals surface area contributed by atoms with Crippen molar-refractivity contribution in [1.82, 2.24) is 15.5 Å². The van der Waals surface area contributed by atoms with Crippen molar-refractivity contribution in [2.45, 2.75) is 103 Å². The number of carbonyl (C=O) groups excluding carboxylic acids is 3. The van der Waals surface area contributed by atoms with Crippen LogP contribution in [0, 0.1) is 11.8 Å². The minimum atomic E-state index is -1.03. The number of amides is 3. The van der Waals surface area contributed by atoms with Gasteiger partial charge in [-0.15, -0.1) is 0 Å². The van der Waals surface area contributed by atoms with Crippen LogP contribution in [0.3, 0.4) is 0 Å². The molecule has 3 N–H and O–H groups in total. The molecule has 0 radical (unpaired) electrons. The molecule has 1 aliphatic heterocycles. The first-order chi connectivity index (χ1) is 16.6. The second-order valence-corrected chi connectivity index (χ2v) is 10.4. The minimum absolute atomic E-state index is 0.123. The Morgan fingerprint density at radius 3 is 2.31 bits per heavy atom. The Kier molecular flexibility index (Phi) is 11.7.